The van der Waals surface area contributed by atoms with E-state index in [0.717, 1.165) is 16.7 Å². The van der Waals surface area contributed by atoms with Crippen molar-refractivity contribution in [2.45, 2.75) is 31.9 Å². The summed E-state index contributed by atoms with van der Waals surface area (Å²) >= 11 is 6.25. The number of benzene rings is 1. The second-order valence-electron chi connectivity index (χ2n) is 8.25. The van der Waals surface area contributed by atoms with Crippen LogP contribution in [0, 0.1) is 0 Å². The number of halogens is 2. The SMILES string of the molecule is CCc1ccc(C(N)=O)c(Oc2ccc(-n3ncc(NC[C@@]4(F)CCCOC4)c(Cl)c3=O)cn2)c1. The Morgan fingerprint density at radius 3 is 2.83 bits per heavy atom. The molecule has 11 heteroatoms. The van der Waals surface area contributed by atoms with Crippen LogP contribution in [0.4, 0.5) is 10.1 Å². The van der Waals surface area contributed by atoms with Crippen LogP contribution >= 0.6 is 11.6 Å². The number of primary amides is 1. The lowest BCUT2D eigenvalue weighted by atomic mass is 9.99. The van der Waals surface area contributed by atoms with Gasteiger partial charge in [0, 0.05) is 12.7 Å². The predicted molar refractivity (Wildman–Crippen MR) is 129 cm³/mol. The van der Waals surface area contributed by atoms with E-state index in [9.17, 15) is 14.0 Å². The monoisotopic (exact) mass is 501 g/mol. The molecule has 184 valence electrons. The normalized spacial score (nSPS) is 17.7. The minimum absolute atomic E-state index is 0.00806. The Kier molecular flexibility index (Phi) is 7.32. The quantitative estimate of drug-likeness (QED) is 0.483. The second-order valence-corrected chi connectivity index (χ2v) is 8.63. The molecule has 1 aliphatic heterocycles. The molecule has 9 nitrogen and oxygen atoms in total. The molecule has 4 rings (SSSR count). The number of aromatic nitrogens is 3. The zero-order chi connectivity index (χ0) is 25.0. The molecular weight excluding hydrogens is 477 g/mol. The van der Waals surface area contributed by atoms with Gasteiger partial charge in [0.25, 0.3) is 11.5 Å². The van der Waals surface area contributed by atoms with Gasteiger partial charge >= 0.3 is 0 Å². The van der Waals surface area contributed by atoms with Gasteiger partial charge in [-0.2, -0.15) is 9.78 Å². The van der Waals surface area contributed by atoms with E-state index in [1.54, 1.807) is 24.3 Å². The number of hydrogen-bond donors (Lipinski definition) is 2. The van der Waals surface area contributed by atoms with Gasteiger partial charge in [0.05, 0.1) is 42.5 Å². The largest absolute Gasteiger partial charge is 0.438 e. The lowest BCUT2D eigenvalue weighted by molar-refractivity contribution is -0.0234. The van der Waals surface area contributed by atoms with Gasteiger partial charge in [0.15, 0.2) is 5.67 Å². The van der Waals surface area contributed by atoms with Crippen LogP contribution in [-0.2, 0) is 11.2 Å². The molecule has 1 aliphatic rings. The molecule has 1 amide bonds. The van der Waals surface area contributed by atoms with Crippen molar-refractivity contribution in [2.75, 3.05) is 25.1 Å². The fraction of sp³-hybridized carbons (Fsp3) is 0.333. The number of nitrogens with two attached hydrogens (primary N) is 1. The number of alkyl halides is 1. The number of amides is 1. The minimum Gasteiger partial charge on any atom is -0.438 e. The molecule has 3 N–H and O–H groups in total. The topological polar surface area (TPSA) is 121 Å². The zero-order valence-electron chi connectivity index (χ0n) is 19.1. The molecule has 0 bridgehead atoms. The number of ether oxygens (including phenoxy) is 2. The summed E-state index contributed by atoms with van der Waals surface area (Å²) in [7, 11) is 0. The first-order valence-corrected chi connectivity index (χ1v) is 11.5. The van der Waals surface area contributed by atoms with Crippen molar-refractivity contribution in [1.29, 1.82) is 0 Å². The Hall–Kier alpha value is -3.50. The molecule has 0 radical (unpaired) electrons. The Labute approximate surface area is 206 Å². The van der Waals surface area contributed by atoms with Gasteiger partial charge in [-0.1, -0.05) is 24.6 Å². The van der Waals surface area contributed by atoms with Gasteiger partial charge < -0.3 is 20.5 Å². The van der Waals surface area contributed by atoms with E-state index in [2.05, 4.69) is 15.4 Å². The van der Waals surface area contributed by atoms with Crippen LogP contribution in [0.25, 0.3) is 5.69 Å². The summed E-state index contributed by atoms with van der Waals surface area (Å²) in [4.78, 5) is 28.7. The lowest BCUT2D eigenvalue weighted by Gasteiger charge is -2.29. The fourth-order valence-electron chi connectivity index (χ4n) is 3.70. The highest BCUT2D eigenvalue weighted by molar-refractivity contribution is 6.32. The van der Waals surface area contributed by atoms with E-state index < -0.39 is 17.1 Å². The Morgan fingerprint density at radius 2 is 2.17 bits per heavy atom. The van der Waals surface area contributed by atoms with E-state index in [-0.39, 0.29) is 35.3 Å². The average Bonchev–Trinajstić information content (AvgIpc) is 2.86. The van der Waals surface area contributed by atoms with Gasteiger partial charge in [-0.25, -0.2) is 9.37 Å². The van der Waals surface area contributed by atoms with Crippen LogP contribution in [0.3, 0.4) is 0 Å². The smallest absolute Gasteiger partial charge is 0.292 e. The van der Waals surface area contributed by atoms with Crippen molar-refractivity contribution in [1.82, 2.24) is 14.8 Å². The third-order valence-corrected chi connectivity index (χ3v) is 6.05. The third-order valence-electron chi connectivity index (χ3n) is 5.69. The summed E-state index contributed by atoms with van der Waals surface area (Å²) < 4.78 is 26.8. The molecule has 0 unspecified atom stereocenters. The van der Waals surface area contributed by atoms with E-state index in [1.165, 1.54) is 18.5 Å². The molecule has 1 fully saturated rings. The van der Waals surface area contributed by atoms with Crippen molar-refractivity contribution < 1.29 is 18.7 Å². The predicted octanol–water partition coefficient (Wildman–Crippen LogP) is 3.67. The van der Waals surface area contributed by atoms with Crippen LogP contribution in [-0.4, -0.2) is 46.1 Å². The number of nitrogens with one attached hydrogen (secondary N) is 1. The summed E-state index contributed by atoms with van der Waals surface area (Å²) in [5, 5.41) is 6.88. The summed E-state index contributed by atoms with van der Waals surface area (Å²) in [6.07, 6.45) is 4.49. The number of anilines is 1. The zero-order valence-corrected chi connectivity index (χ0v) is 19.8. The van der Waals surface area contributed by atoms with E-state index in [1.807, 2.05) is 6.92 Å². The van der Waals surface area contributed by atoms with Gasteiger partial charge in [0.2, 0.25) is 5.88 Å². The average molecular weight is 502 g/mol. The Bertz CT molecular complexity index is 1280. The highest BCUT2D eigenvalue weighted by Crippen LogP contribution is 2.27. The number of hydrogen-bond acceptors (Lipinski definition) is 7. The van der Waals surface area contributed by atoms with Crippen molar-refractivity contribution >= 4 is 23.2 Å². The fourth-order valence-corrected chi connectivity index (χ4v) is 3.89. The molecular formula is C24H25ClFN5O4. The Morgan fingerprint density at radius 1 is 1.34 bits per heavy atom. The molecule has 2 aromatic heterocycles. The number of carbonyl (C=O) groups excluding carboxylic acids is 1. The number of aryl methyl sites for hydroxylation is 1. The first-order chi connectivity index (χ1) is 16.8. The first kappa shape index (κ1) is 24.6. The van der Waals surface area contributed by atoms with E-state index in [4.69, 9.17) is 26.8 Å². The number of nitrogens with zero attached hydrogens (tertiary/aromatic N) is 3. The van der Waals surface area contributed by atoms with E-state index in [0.29, 0.717) is 30.9 Å². The maximum absolute atomic E-state index is 14.8. The van der Waals surface area contributed by atoms with Gasteiger partial charge in [-0.3, -0.25) is 9.59 Å². The van der Waals surface area contributed by atoms with Crippen molar-refractivity contribution in [3.05, 3.63) is 69.2 Å². The van der Waals surface area contributed by atoms with Crippen molar-refractivity contribution in [2.24, 2.45) is 5.73 Å². The summed E-state index contributed by atoms with van der Waals surface area (Å²) in [5.41, 5.74) is 5.10. The molecule has 0 saturated carbocycles. The summed E-state index contributed by atoms with van der Waals surface area (Å²) in [6.45, 7) is 2.47. The van der Waals surface area contributed by atoms with Gasteiger partial charge in [-0.05, 0) is 43.0 Å². The molecule has 0 aliphatic carbocycles. The van der Waals surface area contributed by atoms with Crippen LogP contribution in [0.15, 0.2) is 47.5 Å². The van der Waals surface area contributed by atoms with Crippen LogP contribution < -0.4 is 21.3 Å². The molecule has 3 heterocycles. The molecule has 3 aromatic rings. The highest BCUT2D eigenvalue weighted by Gasteiger charge is 2.32. The standard InChI is InChI=1S/C24H25ClFN5O4/c1-2-15-4-6-17(22(27)32)19(10-15)35-20-7-5-16(11-28-20)31-23(33)21(25)18(12-30-31)29-13-24(26)8-3-9-34-14-24/h4-7,10-12,29H,2-3,8-9,13-14H2,1H3,(H2,27,32)/t24-/m0/s1. The Balaban J connectivity index is 1.51. The summed E-state index contributed by atoms with van der Waals surface area (Å²) in [5.74, 6) is -0.127. The minimum atomic E-state index is -1.53. The van der Waals surface area contributed by atoms with Crippen molar-refractivity contribution in [3.8, 4) is 17.3 Å². The third kappa shape index (κ3) is 5.60. The number of carbonyl (C=O) groups is 1. The lowest BCUT2D eigenvalue weighted by Crippen LogP contribution is -2.40. The van der Waals surface area contributed by atoms with E-state index >= 15 is 0 Å². The maximum atomic E-state index is 14.8. The van der Waals surface area contributed by atoms with Crippen LogP contribution in [0.5, 0.6) is 11.6 Å². The molecule has 1 atom stereocenters. The molecule has 1 saturated heterocycles. The number of rotatable bonds is 8. The first-order valence-electron chi connectivity index (χ1n) is 11.1. The maximum Gasteiger partial charge on any atom is 0.292 e. The molecule has 1 aromatic carbocycles. The van der Waals surface area contributed by atoms with Gasteiger partial charge in [-0.15, -0.1) is 0 Å². The van der Waals surface area contributed by atoms with Crippen molar-refractivity contribution in [3.63, 3.8) is 0 Å². The van der Waals surface area contributed by atoms with Crippen LogP contribution in [0.1, 0.15) is 35.7 Å². The second kappa shape index (κ2) is 10.4. The highest BCUT2D eigenvalue weighted by atomic mass is 35.5. The van der Waals surface area contributed by atoms with Gasteiger partial charge in [0.1, 0.15) is 10.8 Å². The number of pyridine rings is 1. The van der Waals surface area contributed by atoms with Crippen LogP contribution in [0.2, 0.25) is 5.02 Å². The molecule has 35 heavy (non-hydrogen) atoms. The summed E-state index contributed by atoms with van der Waals surface area (Å²) in [6, 6.07) is 8.25. The molecule has 0 spiro atoms.